The van der Waals surface area contributed by atoms with Crippen LogP contribution in [0, 0.1) is 17.3 Å². The standard InChI is InChI=1S/C21H35NO2/c1-15-8-13-18(22(14-15)19(23)24-21(5,6)7)16-9-11-17(12-10-16)20(2,3)4/h9,13,15,17H,8,10-12,14H2,1-7H3. The molecule has 0 fully saturated rings. The molecule has 0 aromatic rings. The lowest BCUT2D eigenvalue weighted by Crippen LogP contribution is -2.41. The average Bonchev–Trinajstić information content (AvgIpc) is 2.44. The summed E-state index contributed by atoms with van der Waals surface area (Å²) in [7, 11) is 0. The molecule has 0 N–H and O–H groups in total. The van der Waals surface area contributed by atoms with E-state index in [4.69, 9.17) is 4.74 Å². The highest BCUT2D eigenvalue weighted by atomic mass is 16.6. The second kappa shape index (κ2) is 6.93. The van der Waals surface area contributed by atoms with E-state index in [0.717, 1.165) is 37.4 Å². The van der Waals surface area contributed by atoms with Crippen LogP contribution < -0.4 is 0 Å². The van der Waals surface area contributed by atoms with Crippen molar-refractivity contribution in [3.8, 4) is 0 Å². The van der Waals surface area contributed by atoms with Gasteiger partial charge in [-0.05, 0) is 69.3 Å². The van der Waals surface area contributed by atoms with Crippen molar-refractivity contribution >= 4 is 6.09 Å². The monoisotopic (exact) mass is 333 g/mol. The maximum Gasteiger partial charge on any atom is 0.414 e. The van der Waals surface area contributed by atoms with E-state index < -0.39 is 5.60 Å². The van der Waals surface area contributed by atoms with Crippen molar-refractivity contribution in [2.24, 2.45) is 17.3 Å². The van der Waals surface area contributed by atoms with Crippen molar-refractivity contribution in [3.05, 3.63) is 23.4 Å². The van der Waals surface area contributed by atoms with Gasteiger partial charge < -0.3 is 4.74 Å². The number of carbonyl (C=O) groups is 1. The molecule has 2 aliphatic rings. The lowest BCUT2D eigenvalue weighted by Gasteiger charge is -2.38. The molecule has 24 heavy (non-hydrogen) atoms. The van der Waals surface area contributed by atoms with Gasteiger partial charge in [0.05, 0.1) is 0 Å². The predicted octanol–water partition coefficient (Wildman–Crippen LogP) is 5.92. The Morgan fingerprint density at radius 1 is 1.12 bits per heavy atom. The maximum absolute atomic E-state index is 12.7. The molecular weight excluding hydrogens is 298 g/mol. The first-order valence-corrected chi connectivity index (χ1v) is 9.37. The molecule has 3 heteroatoms. The first kappa shape index (κ1) is 19.1. The van der Waals surface area contributed by atoms with E-state index in [1.807, 2.05) is 25.7 Å². The molecule has 0 aromatic carbocycles. The van der Waals surface area contributed by atoms with Gasteiger partial charge in [-0.3, -0.25) is 4.90 Å². The topological polar surface area (TPSA) is 29.5 Å². The smallest absolute Gasteiger partial charge is 0.414 e. The van der Waals surface area contributed by atoms with Crippen LogP contribution in [-0.4, -0.2) is 23.1 Å². The molecule has 136 valence electrons. The SMILES string of the molecule is CC1CC=C(C2=CCC(C(C)(C)C)CC2)N(C(=O)OC(C)(C)C)C1. The zero-order chi connectivity index (χ0) is 18.1. The van der Waals surface area contributed by atoms with Crippen LogP contribution in [0.1, 0.15) is 74.1 Å². The molecule has 2 atom stereocenters. The summed E-state index contributed by atoms with van der Waals surface area (Å²) in [4.78, 5) is 14.5. The molecule has 1 aliphatic carbocycles. The maximum atomic E-state index is 12.7. The molecule has 0 bridgehead atoms. The number of ether oxygens (including phenoxy) is 1. The van der Waals surface area contributed by atoms with E-state index in [1.165, 1.54) is 12.0 Å². The van der Waals surface area contributed by atoms with Gasteiger partial charge in [0.15, 0.2) is 0 Å². The molecule has 0 aromatic heterocycles. The molecule has 1 amide bonds. The highest BCUT2D eigenvalue weighted by molar-refractivity contribution is 5.72. The number of carbonyl (C=O) groups excluding carboxylic acids is 1. The van der Waals surface area contributed by atoms with E-state index in [0.29, 0.717) is 11.3 Å². The second-order valence-corrected chi connectivity index (χ2v) is 9.59. The normalized spacial score (nSPS) is 25.9. The van der Waals surface area contributed by atoms with Crippen molar-refractivity contribution in [1.29, 1.82) is 0 Å². The van der Waals surface area contributed by atoms with Crippen LogP contribution in [0.3, 0.4) is 0 Å². The van der Waals surface area contributed by atoms with Gasteiger partial charge in [0.1, 0.15) is 5.60 Å². The Hall–Kier alpha value is -1.25. The first-order valence-electron chi connectivity index (χ1n) is 9.37. The molecule has 0 radical (unpaired) electrons. The fourth-order valence-corrected chi connectivity index (χ4v) is 3.56. The van der Waals surface area contributed by atoms with Gasteiger partial charge in [0, 0.05) is 12.2 Å². The van der Waals surface area contributed by atoms with Gasteiger partial charge >= 0.3 is 6.09 Å². The zero-order valence-electron chi connectivity index (χ0n) is 16.6. The quantitative estimate of drug-likeness (QED) is 0.596. The van der Waals surface area contributed by atoms with E-state index in [2.05, 4.69) is 39.8 Å². The predicted molar refractivity (Wildman–Crippen MR) is 99.7 cm³/mol. The van der Waals surface area contributed by atoms with Crippen LogP contribution in [0.2, 0.25) is 0 Å². The van der Waals surface area contributed by atoms with Gasteiger partial charge in [-0.2, -0.15) is 0 Å². The molecule has 0 spiro atoms. The second-order valence-electron chi connectivity index (χ2n) is 9.59. The van der Waals surface area contributed by atoms with Crippen LogP contribution in [0.5, 0.6) is 0 Å². The number of hydrogen-bond acceptors (Lipinski definition) is 2. The van der Waals surface area contributed by atoms with Crippen LogP contribution >= 0.6 is 0 Å². The van der Waals surface area contributed by atoms with E-state index in [9.17, 15) is 4.79 Å². The summed E-state index contributed by atoms with van der Waals surface area (Å²) in [5, 5.41) is 0. The Morgan fingerprint density at radius 3 is 2.29 bits per heavy atom. The van der Waals surface area contributed by atoms with Crippen LogP contribution in [0.25, 0.3) is 0 Å². The third-order valence-electron chi connectivity index (χ3n) is 5.08. The third-order valence-corrected chi connectivity index (χ3v) is 5.08. The van der Waals surface area contributed by atoms with E-state index in [-0.39, 0.29) is 6.09 Å². The Labute approximate surface area is 148 Å². The van der Waals surface area contributed by atoms with Gasteiger partial charge in [0.25, 0.3) is 0 Å². The molecule has 1 heterocycles. The summed E-state index contributed by atoms with van der Waals surface area (Å²) in [5.74, 6) is 1.20. The average molecular weight is 334 g/mol. The Kier molecular flexibility index (Phi) is 5.51. The van der Waals surface area contributed by atoms with Gasteiger partial charge in [0.2, 0.25) is 0 Å². The fraction of sp³-hybridized carbons (Fsp3) is 0.762. The number of nitrogens with zero attached hydrogens (tertiary/aromatic N) is 1. The van der Waals surface area contributed by atoms with E-state index in [1.54, 1.807) is 0 Å². The minimum atomic E-state index is -0.457. The lowest BCUT2D eigenvalue weighted by atomic mass is 9.72. The van der Waals surface area contributed by atoms with Crippen molar-refractivity contribution < 1.29 is 9.53 Å². The van der Waals surface area contributed by atoms with Gasteiger partial charge in [-0.1, -0.05) is 39.8 Å². The molecule has 0 saturated carbocycles. The number of rotatable bonds is 1. The highest BCUT2D eigenvalue weighted by Gasteiger charge is 2.32. The lowest BCUT2D eigenvalue weighted by molar-refractivity contribution is 0.0283. The minimum absolute atomic E-state index is 0.209. The summed E-state index contributed by atoms with van der Waals surface area (Å²) in [6, 6.07) is 0. The Bertz CT molecular complexity index is 531. The molecular formula is C21H35NO2. The Balaban J connectivity index is 2.17. The molecule has 2 unspecified atom stereocenters. The number of amides is 1. The van der Waals surface area contributed by atoms with Crippen LogP contribution in [-0.2, 0) is 4.74 Å². The van der Waals surface area contributed by atoms with Crippen LogP contribution in [0.4, 0.5) is 4.79 Å². The van der Waals surface area contributed by atoms with Crippen molar-refractivity contribution in [3.63, 3.8) is 0 Å². The fourth-order valence-electron chi connectivity index (χ4n) is 3.56. The Morgan fingerprint density at radius 2 is 1.79 bits per heavy atom. The van der Waals surface area contributed by atoms with Crippen molar-refractivity contribution in [2.75, 3.05) is 6.54 Å². The molecule has 0 saturated heterocycles. The number of allylic oxidation sites excluding steroid dienone is 3. The first-order chi connectivity index (χ1) is 11.0. The molecule has 1 aliphatic heterocycles. The van der Waals surface area contributed by atoms with Gasteiger partial charge in [-0.15, -0.1) is 0 Å². The third kappa shape index (κ3) is 4.87. The number of hydrogen-bond donors (Lipinski definition) is 0. The molecule has 3 nitrogen and oxygen atoms in total. The summed E-state index contributed by atoms with van der Waals surface area (Å²) in [6.07, 6.45) is 8.79. The highest BCUT2D eigenvalue weighted by Crippen LogP contribution is 2.40. The van der Waals surface area contributed by atoms with Gasteiger partial charge in [-0.25, -0.2) is 4.79 Å². The zero-order valence-corrected chi connectivity index (χ0v) is 16.6. The summed E-state index contributed by atoms with van der Waals surface area (Å²) < 4.78 is 5.64. The molecule has 2 rings (SSSR count). The van der Waals surface area contributed by atoms with Crippen LogP contribution in [0.15, 0.2) is 23.4 Å². The summed E-state index contributed by atoms with van der Waals surface area (Å²) >= 11 is 0. The van der Waals surface area contributed by atoms with E-state index >= 15 is 0 Å². The van der Waals surface area contributed by atoms with Crippen molar-refractivity contribution in [1.82, 2.24) is 4.90 Å². The van der Waals surface area contributed by atoms with Crippen molar-refractivity contribution in [2.45, 2.75) is 79.8 Å². The minimum Gasteiger partial charge on any atom is -0.443 e. The largest absolute Gasteiger partial charge is 0.443 e. The summed E-state index contributed by atoms with van der Waals surface area (Å²) in [6.45, 7) is 15.7. The summed E-state index contributed by atoms with van der Waals surface area (Å²) in [5.41, 5.74) is 2.31.